The molecule has 2 fully saturated rings. The minimum absolute atomic E-state index is 0.146. The van der Waals surface area contributed by atoms with E-state index in [9.17, 15) is 19.2 Å². The minimum Gasteiger partial charge on any atom is -0.494 e. The van der Waals surface area contributed by atoms with Gasteiger partial charge in [0.15, 0.2) is 10.8 Å². The second-order valence-corrected chi connectivity index (χ2v) is 16.6. The molecule has 0 radical (unpaired) electrons. The van der Waals surface area contributed by atoms with Crippen molar-refractivity contribution in [1.29, 1.82) is 0 Å². The number of fused-ring (bicyclic) bond motifs is 2. The number of aromatic nitrogens is 1. The Bertz CT molecular complexity index is 2290. The van der Waals surface area contributed by atoms with Crippen LogP contribution in [0.3, 0.4) is 0 Å². The largest absolute Gasteiger partial charge is 0.494 e. The van der Waals surface area contributed by atoms with Gasteiger partial charge in [-0.25, -0.2) is 14.6 Å². The summed E-state index contributed by atoms with van der Waals surface area (Å²) in [5.74, 6) is 0.116. The van der Waals surface area contributed by atoms with E-state index in [-0.39, 0.29) is 35.4 Å². The molecule has 2 saturated carbocycles. The number of ether oxygens (including phenoxy) is 5. The molecule has 7 rings (SSSR count). The standard InChI is InChI=1S/C47H51NO10S/c1-4-41(49)54-25-11-6-5-10-24-53-33-18-20-35(21-19-33)55-45(50)32-14-16-34(17-15-32)56-47(52)36-22-23-38(58-46(51)31-12-8-7-9-13-31)43-42(36)48-44(59-43)40-28-37-30(3)26-29(2)27-39(37)57-40/h4,18-23,26-28,31-32,34H,1,5-17,24-25H2,2-3H3/t32-,34-. The van der Waals surface area contributed by atoms with Gasteiger partial charge in [0.2, 0.25) is 0 Å². The smallest absolute Gasteiger partial charge is 0.340 e. The average Bonchev–Trinajstić information content (AvgIpc) is 3.89. The fraction of sp³-hybridized carbons (Fsp3) is 0.426. The van der Waals surface area contributed by atoms with Crippen molar-refractivity contribution in [3.05, 3.63) is 83.9 Å². The lowest BCUT2D eigenvalue weighted by Crippen LogP contribution is -2.30. The number of hydrogen-bond acceptors (Lipinski definition) is 12. The molecule has 0 atom stereocenters. The lowest BCUT2D eigenvalue weighted by Gasteiger charge is -2.27. The molecular formula is C47H51NO10S. The third-order valence-corrected chi connectivity index (χ3v) is 12.2. The third kappa shape index (κ3) is 10.6. The number of unbranched alkanes of at least 4 members (excludes halogenated alkanes) is 3. The first-order valence-electron chi connectivity index (χ1n) is 20.8. The first-order valence-corrected chi connectivity index (χ1v) is 21.6. The van der Waals surface area contributed by atoms with Crippen LogP contribution in [0.15, 0.2) is 71.7 Å². The van der Waals surface area contributed by atoms with E-state index < -0.39 is 11.9 Å². The molecule has 11 nitrogen and oxygen atoms in total. The predicted octanol–water partition coefficient (Wildman–Crippen LogP) is 10.8. The van der Waals surface area contributed by atoms with Crippen molar-refractivity contribution in [3.63, 3.8) is 0 Å². The maximum Gasteiger partial charge on any atom is 0.340 e. The van der Waals surface area contributed by atoms with E-state index in [1.165, 1.54) is 11.3 Å². The summed E-state index contributed by atoms with van der Waals surface area (Å²) in [6.07, 6.45) is 11.2. The summed E-state index contributed by atoms with van der Waals surface area (Å²) in [7, 11) is 0. The molecule has 0 aliphatic heterocycles. The minimum atomic E-state index is -0.520. The van der Waals surface area contributed by atoms with E-state index in [4.69, 9.17) is 33.1 Å². The molecular weight excluding hydrogens is 771 g/mol. The Labute approximate surface area is 348 Å². The average molecular weight is 822 g/mol. The molecule has 2 aliphatic rings. The molecule has 0 bridgehead atoms. The molecule has 12 heteroatoms. The van der Waals surface area contributed by atoms with Crippen LogP contribution < -0.4 is 14.2 Å². The normalized spacial score (nSPS) is 17.1. The van der Waals surface area contributed by atoms with Gasteiger partial charge in [-0.05, 0) is 138 Å². The van der Waals surface area contributed by atoms with Gasteiger partial charge in [-0.1, -0.05) is 31.9 Å². The van der Waals surface area contributed by atoms with Crippen LogP contribution in [0.25, 0.3) is 32.0 Å². The van der Waals surface area contributed by atoms with Crippen molar-refractivity contribution < 1.29 is 47.3 Å². The summed E-state index contributed by atoms with van der Waals surface area (Å²) in [5, 5.41) is 1.55. The van der Waals surface area contributed by atoms with Crippen LogP contribution in [-0.4, -0.2) is 48.2 Å². The Morgan fingerprint density at radius 2 is 1.49 bits per heavy atom. The van der Waals surface area contributed by atoms with Crippen LogP contribution >= 0.6 is 11.3 Å². The molecule has 0 spiro atoms. The van der Waals surface area contributed by atoms with Gasteiger partial charge >= 0.3 is 23.9 Å². The topological polar surface area (TPSA) is 140 Å². The molecule has 0 N–H and O–H groups in total. The molecule has 310 valence electrons. The summed E-state index contributed by atoms with van der Waals surface area (Å²) in [6, 6.07) is 16.3. The van der Waals surface area contributed by atoms with Gasteiger partial charge in [0, 0.05) is 11.5 Å². The van der Waals surface area contributed by atoms with E-state index in [2.05, 4.69) is 12.6 Å². The number of carbonyl (C=O) groups is 4. The fourth-order valence-electron chi connectivity index (χ4n) is 7.87. The number of aryl methyl sites for hydroxylation is 2. The van der Waals surface area contributed by atoms with Crippen LogP contribution in [0.2, 0.25) is 0 Å². The number of hydrogen-bond donors (Lipinski definition) is 0. The monoisotopic (exact) mass is 821 g/mol. The zero-order valence-corrected chi connectivity index (χ0v) is 34.6. The summed E-state index contributed by atoms with van der Waals surface area (Å²) in [6.45, 7) is 8.39. The van der Waals surface area contributed by atoms with Gasteiger partial charge in [-0.2, -0.15) is 0 Å². The van der Waals surface area contributed by atoms with Gasteiger partial charge in [0.25, 0.3) is 0 Å². The lowest BCUT2D eigenvalue weighted by molar-refractivity contribution is -0.141. The molecule has 3 aromatic carbocycles. The highest BCUT2D eigenvalue weighted by molar-refractivity contribution is 7.22. The number of esters is 4. The van der Waals surface area contributed by atoms with Gasteiger partial charge in [0.05, 0.1) is 35.3 Å². The molecule has 0 amide bonds. The van der Waals surface area contributed by atoms with Crippen LogP contribution in [0.4, 0.5) is 0 Å². The first kappa shape index (κ1) is 41.7. The molecule has 59 heavy (non-hydrogen) atoms. The van der Waals surface area contributed by atoms with E-state index >= 15 is 0 Å². The van der Waals surface area contributed by atoms with Crippen molar-refractivity contribution in [1.82, 2.24) is 4.98 Å². The van der Waals surface area contributed by atoms with Gasteiger partial charge < -0.3 is 28.1 Å². The fourth-order valence-corrected chi connectivity index (χ4v) is 8.87. The molecule has 2 aliphatic carbocycles. The van der Waals surface area contributed by atoms with Crippen LogP contribution in [0.1, 0.15) is 105 Å². The number of rotatable bonds is 16. The van der Waals surface area contributed by atoms with Crippen molar-refractivity contribution in [2.45, 2.75) is 103 Å². The molecule has 0 unspecified atom stereocenters. The Kier molecular flexibility index (Phi) is 13.8. The van der Waals surface area contributed by atoms with Gasteiger partial charge in [0.1, 0.15) is 34.5 Å². The Hall–Kier alpha value is -5.49. The maximum absolute atomic E-state index is 13.8. The summed E-state index contributed by atoms with van der Waals surface area (Å²) in [4.78, 5) is 56.1. The van der Waals surface area contributed by atoms with Crippen molar-refractivity contribution in [3.8, 4) is 28.0 Å². The Morgan fingerprint density at radius 3 is 2.24 bits per heavy atom. The molecule has 0 saturated heterocycles. The van der Waals surface area contributed by atoms with Crippen LogP contribution in [-0.2, 0) is 23.9 Å². The van der Waals surface area contributed by atoms with Crippen LogP contribution in [0, 0.1) is 25.7 Å². The number of furan rings is 1. The molecule has 5 aromatic rings. The van der Waals surface area contributed by atoms with Crippen LogP contribution in [0.5, 0.6) is 17.2 Å². The summed E-state index contributed by atoms with van der Waals surface area (Å²) < 4.78 is 35.4. The second-order valence-electron chi connectivity index (χ2n) is 15.6. The Morgan fingerprint density at radius 1 is 0.797 bits per heavy atom. The zero-order chi connectivity index (χ0) is 41.3. The summed E-state index contributed by atoms with van der Waals surface area (Å²) >= 11 is 1.32. The van der Waals surface area contributed by atoms with Crippen molar-refractivity contribution in [2.75, 3.05) is 13.2 Å². The molecule has 2 heterocycles. The predicted molar refractivity (Wildman–Crippen MR) is 225 cm³/mol. The number of thiazole rings is 1. The van der Waals surface area contributed by atoms with Crippen molar-refractivity contribution >= 4 is 56.4 Å². The SMILES string of the molecule is C=CC(=O)OCCCCCCOc1ccc(OC(=O)[C@H]2CC[C@H](OC(=O)c3ccc(OC(=O)C4CCCCC4)c4sc(-c5cc6c(C)cc(C)cc6o5)nc34)CC2)cc1. The van der Waals surface area contributed by atoms with Crippen molar-refractivity contribution in [2.24, 2.45) is 11.8 Å². The highest BCUT2D eigenvalue weighted by Crippen LogP contribution is 2.41. The first-order chi connectivity index (χ1) is 28.6. The number of carbonyl (C=O) groups excluding carboxylic acids is 4. The number of nitrogens with zero attached hydrogens (tertiary/aromatic N) is 1. The van der Waals surface area contributed by atoms with Gasteiger partial charge in [-0.15, -0.1) is 11.3 Å². The third-order valence-electron chi connectivity index (χ3n) is 11.1. The highest BCUT2D eigenvalue weighted by Gasteiger charge is 2.32. The van der Waals surface area contributed by atoms with E-state index in [1.54, 1.807) is 36.4 Å². The van der Waals surface area contributed by atoms with E-state index in [0.29, 0.717) is 77.1 Å². The Balaban J connectivity index is 0.941. The summed E-state index contributed by atoms with van der Waals surface area (Å²) in [5.41, 5.74) is 3.61. The zero-order valence-electron chi connectivity index (χ0n) is 33.8. The molecule has 2 aromatic heterocycles. The second kappa shape index (κ2) is 19.5. The highest BCUT2D eigenvalue weighted by atomic mass is 32.1. The maximum atomic E-state index is 13.8. The van der Waals surface area contributed by atoms with E-state index in [1.807, 2.05) is 26.0 Å². The number of benzene rings is 3. The lowest BCUT2D eigenvalue weighted by atomic mass is 9.87. The van der Waals surface area contributed by atoms with Gasteiger partial charge in [-0.3, -0.25) is 9.59 Å². The van der Waals surface area contributed by atoms with E-state index in [0.717, 1.165) is 86.0 Å². The quantitative estimate of drug-likeness (QED) is 0.0406.